The summed E-state index contributed by atoms with van der Waals surface area (Å²) in [5.41, 5.74) is 2.66. The fraction of sp³-hybridized carbons (Fsp3) is 0.364. The van der Waals surface area contributed by atoms with Crippen LogP contribution in [0.3, 0.4) is 0 Å². The first-order valence-electron chi connectivity index (χ1n) is 9.44. The number of carbonyl (C=O) groups excluding carboxylic acids is 1. The van der Waals surface area contributed by atoms with Crippen molar-refractivity contribution in [1.29, 1.82) is 0 Å². The largest absolute Gasteiger partial charge is 0.345 e. The van der Waals surface area contributed by atoms with Crippen LogP contribution in [0.1, 0.15) is 48.2 Å². The molecule has 1 saturated carbocycles. The summed E-state index contributed by atoms with van der Waals surface area (Å²) in [6, 6.07) is 16.3. The maximum atomic E-state index is 13.1. The van der Waals surface area contributed by atoms with Gasteiger partial charge in [-0.2, -0.15) is 0 Å². The quantitative estimate of drug-likeness (QED) is 0.767. The molecule has 0 saturated heterocycles. The summed E-state index contributed by atoms with van der Waals surface area (Å²) in [5, 5.41) is 4.41. The topological polar surface area (TPSA) is 46.9 Å². The van der Waals surface area contributed by atoms with E-state index in [0.717, 1.165) is 30.3 Å². The first kappa shape index (κ1) is 16.8. The summed E-state index contributed by atoms with van der Waals surface area (Å²) < 4.78 is 1.89. The van der Waals surface area contributed by atoms with Crippen molar-refractivity contribution >= 4 is 16.9 Å². The summed E-state index contributed by atoms with van der Waals surface area (Å²) in [4.78, 5) is 17.5. The zero-order valence-electron chi connectivity index (χ0n) is 15.2. The summed E-state index contributed by atoms with van der Waals surface area (Å²) in [7, 11) is 1.91. The Labute approximate surface area is 154 Å². The van der Waals surface area contributed by atoms with E-state index in [2.05, 4.69) is 34.6 Å². The summed E-state index contributed by atoms with van der Waals surface area (Å²) in [6.07, 6.45) is 8.33. The van der Waals surface area contributed by atoms with Crippen molar-refractivity contribution in [2.75, 3.05) is 0 Å². The first-order valence-corrected chi connectivity index (χ1v) is 9.44. The van der Waals surface area contributed by atoms with Crippen LogP contribution in [0, 0.1) is 0 Å². The van der Waals surface area contributed by atoms with Crippen LogP contribution >= 0.6 is 0 Å². The number of aryl methyl sites for hydroxylation is 1. The molecule has 0 atom stereocenters. The maximum absolute atomic E-state index is 13.1. The van der Waals surface area contributed by atoms with E-state index < -0.39 is 0 Å². The number of pyridine rings is 1. The van der Waals surface area contributed by atoms with Gasteiger partial charge in [-0.3, -0.25) is 4.79 Å². The van der Waals surface area contributed by atoms with Crippen molar-refractivity contribution < 1.29 is 4.79 Å². The molecule has 134 valence electrons. The van der Waals surface area contributed by atoms with Crippen molar-refractivity contribution in [1.82, 2.24) is 14.9 Å². The second-order valence-electron chi connectivity index (χ2n) is 7.46. The molecule has 1 aliphatic carbocycles. The monoisotopic (exact) mass is 347 g/mol. The highest BCUT2D eigenvalue weighted by Gasteiger charge is 2.34. The summed E-state index contributed by atoms with van der Waals surface area (Å²) >= 11 is 0. The number of fused-ring (bicyclic) bond motifs is 1. The van der Waals surface area contributed by atoms with Crippen LogP contribution < -0.4 is 5.32 Å². The Morgan fingerprint density at radius 1 is 1.12 bits per heavy atom. The van der Waals surface area contributed by atoms with Gasteiger partial charge in [0.2, 0.25) is 0 Å². The number of carbonyl (C=O) groups is 1. The normalized spacial score (nSPS) is 16.5. The second kappa shape index (κ2) is 6.94. The molecule has 1 aromatic carbocycles. The molecule has 0 radical (unpaired) electrons. The van der Waals surface area contributed by atoms with E-state index in [1.54, 1.807) is 6.20 Å². The molecule has 0 spiro atoms. The molecule has 2 heterocycles. The highest BCUT2D eigenvalue weighted by molar-refractivity contribution is 5.98. The molecule has 4 nitrogen and oxygen atoms in total. The third-order valence-electron chi connectivity index (χ3n) is 5.60. The molecule has 4 heteroatoms. The third-order valence-corrected chi connectivity index (χ3v) is 5.60. The Morgan fingerprint density at radius 3 is 2.62 bits per heavy atom. The van der Waals surface area contributed by atoms with E-state index in [1.807, 2.05) is 35.9 Å². The second-order valence-corrected chi connectivity index (χ2v) is 7.46. The van der Waals surface area contributed by atoms with E-state index >= 15 is 0 Å². The number of benzene rings is 1. The Hall–Kier alpha value is -2.62. The van der Waals surface area contributed by atoms with Gasteiger partial charge in [-0.25, -0.2) is 4.98 Å². The number of amides is 1. The Balaban J connectivity index is 1.62. The lowest BCUT2D eigenvalue weighted by Gasteiger charge is -2.38. The van der Waals surface area contributed by atoms with E-state index in [9.17, 15) is 4.79 Å². The van der Waals surface area contributed by atoms with E-state index in [4.69, 9.17) is 0 Å². The van der Waals surface area contributed by atoms with Crippen LogP contribution in [0.5, 0.6) is 0 Å². The Morgan fingerprint density at radius 2 is 1.88 bits per heavy atom. The highest BCUT2D eigenvalue weighted by Crippen LogP contribution is 2.32. The molecule has 3 aromatic rings. The molecule has 1 fully saturated rings. The predicted octanol–water partition coefficient (Wildman–Crippen LogP) is 4.25. The van der Waals surface area contributed by atoms with Crippen molar-refractivity contribution in [3.8, 4) is 0 Å². The average Bonchev–Trinajstić information content (AvgIpc) is 3.00. The molecular formula is C22H25N3O. The van der Waals surface area contributed by atoms with Crippen LogP contribution in [0.15, 0.2) is 54.7 Å². The minimum absolute atomic E-state index is 0.00308. The van der Waals surface area contributed by atoms with Crippen molar-refractivity contribution in [2.45, 2.75) is 44.1 Å². The number of aromatic nitrogens is 2. The van der Waals surface area contributed by atoms with Crippen LogP contribution in [0.2, 0.25) is 0 Å². The maximum Gasteiger partial charge on any atom is 0.268 e. The van der Waals surface area contributed by atoms with Gasteiger partial charge < -0.3 is 9.88 Å². The van der Waals surface area contributed by atoms with Crippen molar-refractivity contribution in [2.24, 2.45) is 7.05 Å². The number of nitrogens with zero attached hydrogens (tertiary/aromatic N) is 2. The molecule has 0 aliphatic heterocycles. The average molecular weight is 347 g/mol. The van der Waals surface area contributed by atoms with Gasteiger partial charge in [0.1, 0.15) is 11.3 Å². The van der Waals surface area contributed by atoms with Gasteiger partial charge in [-0.1, -0.05) is 49.6 Å². The smallest absolute Gasteiger partial charge is 0.268 e. The van der Waals surface area contributed by atoms with Crippen LogP contribution in [-0.4, -0.2) is 21.0 Å². The van der Waals surface area contributed by atoms with Crippen LogP contribution in [-0.2, 0) is 13.5 Å². The standard InChI is InChI=1S/C22H25N3O/c1-25-19(15-18-11-8-14-23-20(18)25)21(26)24-22(12-6-3-7-13-22)16-17-9-4-2-5-10-17/h2,4-5,8-11,14-15H,3,6-7,12-13,16H2,1H3,(H,24,26). The van der Waals surface area contributed by atoms with Crippen molar-refractivity contribution in [3.63, 3.8) is 0 Å². The lowest BCUT2D eigenvalue weighted by Crippen LogP contribution is -2.51. The zero-order chi connectivity index (χ0) is 18.0. The van der Waals surface area contributed by atoms with Gasteiger partial charge in [0.25, 0.3) is 5.91 Å². The number of hydrogen-bond acceptors (Lipinski definition) is 2. The number of rotatable bonds is 4. The van der Waals surface area contributed by atoms with Gasteiger partial charge in [0.15, 0.2) is 0 Å². The molecular weight excluding hydrogens is 322 g/mol. The van der Waals surface area contributed by atoms with Crippen LogP contribution in [0.4, 0.5) is 0 Å². The summed E-state index contributed by atoms with van der Waals surface area (Å²) in [5.74, 6) is 0.00308. The SMILES string of the molecule is Cn1c(C(=O)NC2(Cc3ccccc3)CCCCC2)cc2cccnc21. The third kappa shape index (κ3) is 3.24. The fourth-order valence-electron chi connectivity index (χ4n) is 4.24. The molecule has 2 aromatic heterocycles. The minimum Gasteiger partial charge on any atom is -0.345 e. The molecule has 0 unspecified atom stereocenters. The Bertz CT molecular complexity index is 908. The predicted molar refractivity (Wildman–Crippen MR) is 104 cm³/mol. The van der Waals surface area contributed by atoms with Gasteiger partial charge in [-0.15, -0.1) is 0 Å². The van der Waals surface area contributed by atoms with Gasteiger partial charge >= 0.3 is 0 Å². The molecule has 4 rings (SSSR count). The van der Waals surface area contributed by atoms with E-state index in [1.165, 1.54) is 24.8 Å². The van der Waals surface area contributed by atoms with Gasteiger partial charge in [-0.05, 0) is 43.0 Å². The van der Waals surface area contributed by atoms with Crippen LogP contribution in [0.25, 0.3) is 11.0 Å². The number of nitrogens with one attached hydrogen (secondary N) is 1. The first-order chi connectivity index (χ1) is 12.7. The molecule has 1 N–H and O–H groups in total. The lowest BCUT2D eigenvalue weighted by molar-refractivity contribution is 0.0860. The zero-order valence-corrected chi connectivity index (χ0v) is 15.2. The lowest BCUT2D eigenvalue weighted by atomic mass is 9.77. The molecule has 26 heavy (non-hydrogen) atoms. The summed E-state index contributed by atoms with van der Waals surface area (Å²) in [6.45, 7) is 0. The Kier molecular flexibility index (Phi) is 4.49. The minimum atomic E-state index is -0.152. The van der Waals surface area contributed by atoms with E-state index in [0.29, 0.717) is 5.69 Å². The fourth-order valence-corrected chi connectivity index (χ4v) is 4.24. The number of hydrogen-bond donors (Lipinski definition) is 1. The molecule has 0 bridgehead atoms. The van der Waals surface area contributed by atoms with Gasteiger partial charge in [0, 0.05) is 24.2 Å². The van der Waals surface area contributed by atoms with Gasteiger partial charge in [0.05, 0.1) is 0 Å². The highest BCUT2D eigenvalue weighted by atomic mass is 16.2. The van der Waals surface area contributed by atoms with E-state index in [-0.39, 0.29) is 11.4 Å². The van der Waals surface area contributed by atoms with Crippen molar-refractivity contribution in [3.05, 3.63) is 66.0 Å². The molecule has 1 amide bonds. The molecule has 1 aliphatic rings.